The van der Waals surface area contributed by atoms with E-state index in [9.17, 15) is 19.1 Å². The van der Waals surface area contributed by atoms with E-state index in [1.165, 1.54) is 24.3 Å². The maximum Gasteiger partial charge on any atom is 0.261 e. The largest absolute Gasteiger partial charge is 0.387 e. The number of fused-ring (bicyclic) bond motifs is 1. The summed E-state index contributed by atoms with van der Waals surface area (Å²) in [6, 6.07) is 11.8. The molecule has 2 aromatic carbocycles. The summed E-state index contributed by atoms with van der Waals surface area (Å²) in [6.45, 7) is -0.155. The van der Waals surface area contributed by atoms with Crippen molar-refractivity contribution in [2.45, 2.75) is 6.10 Å². The standard InChI is InChI=1S/C16H12FNO3/c17-11-7-5-10(6-8-11)14(19)9-18-15(20)12-3-1-2-4-13(12)16(18)21/h1-8,14,19H,9H2/t14-/m1/s1. The Hall–Kier alpha value is -2.53. The van der Waals surface area contributed by atoms with E-state index in [1.54, 1.807) is 24.3 Å². The second-order valence-electron chi connectivity index (χ2n) is 4.83. The molecule has 1 atom stereocenters. The zero-order chi connectivity index (χ0) is 15.0. The lowest BCUT2D eigenvalue weighted by Crippen LogP contribution is -2.33. The summed E-state index contributed by atoms with van der Waals surface area (Å²) in [5.74, 6) is -1.25. The van der Waals surface area contributed by atoms with E-state index in [1.807, 2.05) is 0 Å². The number of carbonyl (C=O) groups excluding carboxylic acids is 2. The van der Waals surface area contributed by atoms with Crippen LogP contribution in [0.4, 0.5) is 4.39 Å². The van der Waals surface area contributed by atoms with Gasteiger partial charge in [-0.1, -0.05) is 24.3 Å². The molecule has 0 saturated carbocycles. The molecule has 3 rings (SSSR count). The Bertz CT molecular complexity index is 677. The molecule has 106 valence electrons. The summed E-state index contributed by atoms with van der Waals surface area (Å²) in [7, 11) is 0. The van der Waals surface area contributed by atoms with Crippen LogP contribution in [0.1, 0.15) is 32.4 Å². The van der Waals surface area contributed by atoms with Crippen LogP contribution < -0.4 is 0 Å². The average Bonchev–Trinajstić information content (AvgIpc) is 2.73. The van der Waals surface area contributed by atoms with Gasteiger partial charge in [0, 0.05) is 0 Å². The van der Waals surface area contributed by atoms with Gasteiger partial charge in [0.15, 0.2) is 0 Å². The van der Waals surface area contributed by atoms with Crippen LogP contribution in [0.2, 0.25) is 0 Å². The molecule has 0 bridgehead atoms. The number of halogens is 1. The molecule has 1 aliphatic rings. The topological polar surface area (TPSA) is 57.6 Å². The number of aliphatic hydroxyl groups excluding tert-OH is 1. The van der Waals surface area contributed by atoms with Gasteiger partial charge in [-0.15, -0.1) is 0 Å². The zero-order valence-electron chi connectivity index (χ0n) is 11.0. The predicted molar refractivity (Wildman–Crippen MR) is 73.2 cm³/mol. The van der Waals surface area contributed by atoms with Crippen molar-refractivity contribution in [3.8, 4) is 0 Å². The Kier molecular flexibility index (Phi) is 3.27. The van der Waals surface area contributed by atoms with Crippen molar-refractivity contribution < 1.29 is 19.1 Å². The molecule has 0 aromatic heterocycles. The van der Waals surface area contributed by atoms with E-state index >= 15 is 0 Å². The molecule has 0 spiro atoms. The van der Waals surface area contributed by atoms with Crippen LogP contribution in [0.5, 0.6) is 0 Å². The van der Waals surface area contributed by atoms with Gasteiger partial charge < -0.3 is 5.11 Å². The minimum Gasteiger partial charge on any atom is -0.387 e. The third kappa shape index (κ3) is 2.32. The molecular weight excluding hydrogens is 273 g/mol. The SMILES string of the molecule is O=C1c2ccccc2C(=O)N1C[C@@H](O)c1ccc(F)cc1. The van der Waals surface area contributed by atoms with E-state index in [0.717, 1.165) is 4.90 Å². The zero-order valence-corrected chi connectivity index (χ0v) is 11.0. The highest BCUT2D eigenvalue weighted by atomic mass is 19.1. The summed E-state index contributed by atoms with van der Waals surface area (Å²) in [6.07, 6.45) is -1.05. The molecule has 0 radical (unpaired) electrons. The van der Waals surface area contributed by atoms with Crippen molar-refractivity contribution >= 4 is 11.8 Å². The third-order valence-electron chi connectivity index (χ3n) is 3.49. The van der Waals surface area contributed by atoms with Gasteiger partial charge in [-0.2, -0.15) is 0 Å². The number of hydrogen-bond donors (Lipinski definition) is 1. The minimum atomic E-state index is -1.05. The fraction of sp³-hybridized carbons (Fsp3) is 0.125. The Morgan fingerprint density at radius 2 is 1.48 bits per heavy atom. The summed E-state index contributed by atoms with van der Waals surface area (Å²) in [4.78, 5) is 25.3. The van der Waals surface area contributed by atoms with Crippen molar-refractivity contribution in [2.24, 2.45) is 0 Å². The van der Waals surface area contributed by atoms with Gasteiger partial charge in [-0.3, -0.25) is 14.5 Å². The highest BCUT2D eigenvalue weighted by Crippen LogP contribution is 2.25. The predicted octanol–water partition coefficient (Wildman–Crippen LogP) is 2.16. The normalized spacial score (nSPS) is 15.2. The first-order chi connectivity index (χ1) is 10.1. The molecule has 1 aliphatic heterocycles. The van der Waals surface area contributed by atoms with Crippen LogP contribution in [0.3, 0.4) is 0 Å². The molecule has 0 saturated heterocycles. The smallest absolute Gasteiger partial charge is 0.261 e. The minimum absolute atomic E-state index is 0.155. The van der Waals surface area contributed by atoms with Crippen LogP contribution in [-0.4, -0.2) is 28.4 Å². The van der Waals surface area contributed by atoms with Gasteiger partial charge in [-0.05, 0) is 29.8 Å². The number of imide groups is 1. The molecule has 5 heteroatoms. The molecular formula is C16H12FNO3. The van der Waals surface area contributed by atoms with Gasteiger partial charge in [0.05, 0.1) is 23.8 Å². The molecule has 2 aromatic rings. The number of hydrogen-bond acceptors (Lipinski definition) is 3. The summed E-state index contributed by atoms with van der Waals surface area (Å²) < 4.78 is 12.9. The third-order valence-corrected chi connectivity index (χ3v) is 3.49. The molecule has 1 N–H and O–H groups in total. The number of nitrogens with zero attached hydrogens (tertiary/aromatic N) is 1. The van der Waals surface area contributed by atoms with Crippen LogP contribution in [0.15, 0.2) is 48.5 Å². The highest BCUT2D eigenvalue weighted by molar-refractivity contribution is 6.21. The number of benzene rings is 2. The maximum absolute atomic E-state index is 12.9. The van der Waals surface area contributed by atoms with E-state index < -0.39 is 23.7 Å². The van der Waals surface area contributed by atoms with Crippen molar-refractivity contribution in [2.75, 3.05) is 6.54 Å². The molecule has 4 nitrogen and oxygen atoms in total. The van der Waals surface area contributed by atoms with Crippen molar-refractivity contribution in [3.05, 3.63) is 71.0 Å². The van der Waals surface area contributed by atoms with Crippen molar-refractivity contribution in [3.63, 3.8) is 0 Å². The fourth-order valence-corrected chi connectivity index (χ4v) is 2.37. The lowest BCUT2D eigenvalue weighted by Gasteiger charge is -2.18. The van der Waals surface area contributed by atoms with Crippen LogP contribution in [0, 0.1) is 5.82 Å². The van der Waals surface area contributed by atoms with Crippen LogP contribution >= 0.6 is 0 Å². The Labute approximate surface area is 120 Å². The maximum atomic E-state index is 12.9. The molecule has 0 fully saturated rings. The van der Waals surface area contributed by atoms with Gasteiger partial charge in [0.25, 0.3) is 11.8 Å². The number of carbonyl (C=O) groups is 2. The first-order valence-corrected chi connectivity index (χ1v) is 6.46. The lowest BCUT2D eigenvalue weighted by atomic mass is 10.1. The quantitative estimate of drug-likeness (QED) is 0.879. The van der Waals surface area contributed by atoms with E-state index in [-0.39, 0.29) is 6.54 Å². The number of rotatable bonds is 3. The van der Waals surface area contributed by atoms with Crippen molar-refractivity contribution in [1.29, 1.82) is 0 Å². The molecule has 2 amide bonds. The number of β-amino-alcohol motifs (C(OH)–C–C–N with tert-alkyl or cyclic N) is 1. The summed E-state index contributed by atoms with van der Waals surface area (Å²) in [5, 5.41) is 10.1. The van der Waals surface area contributed by atoms with E-state index in [4.69, 9.17) is 0 Å². The summed E-state index contributed by atoms with van der Waals surface area (Å²) in [5.41, 5.74) is 1.13. The van der Waals surface area contributed by atoms with Gasteiger partial charge in [0.2, 0.25) is 0 Å². The van der Waals surface area contributed by atoms with Gasteiger partial charge in [0.1, 0.15) is 5.82 Å². The van der Waals surface area contributed by atoms with E-state index in [2.05, 4.69) is 0 Å². The first-order valence-electron chi connectivity index (χ1n) is 6.46. The fourth-order valence-electron chi connectivity index (χ4n) is 2.37. The molecule has 21 heavy (non-hydrogen) atoms. The number of aliphatic hydroxyl groups is 1. The summed E-state index contributed by atoms with van der Waals surface area (Å²) >= 11 is 0. The number of amides is 2. The van der Waals surface area contributed by atoms with Crippen LogP contribution in [0.25, 0.3) is 0 Å². The monoisotopic (exact) mass is 285 g/mol. The molecule has 0 unspecified atom stereocenters. The Morgan fingerprint density at radius 3 is 2.00 bits per heavy atom. The first kappa shape index (κ1) is 13.5. The van der Waals surface area contributed by atoms with Crippen LogP contribution in [-0.2, 0) is 0 Å². The highest BCUT2D eigenvalue weighted by Gasteiger charge is 2.36. The second kappa shape index (κ2) is 5.10. The van der Waals surface area contributed by atoms with E-state index in [0.29, 0.717) is 16.7 Å². The molecule has 0 aliphatic carbocycles. The second-order valence-corrected chi connectivity index (χ2v) is 4.83. The Morgan fingerprint density at radius 1 is 0.952 bits per heavy atom. The Balaban J connectivity index is 1.82. The van der Waals surface area contributed by atoms with Gasteiger partial charge >= 0.3 is 0 Å². The van der Waals surface area contributed by atoms with Crippen molar-refractivity contribution in [1.82, 2.24) is 4.90 Å². The molecule has 1 heterocycles. The van der Waals surface area contributed by atoms with Gasteiger partial charge in [-0.25, -0.2) is 4.39 Å². The lowest BCUT2D eigenvalue weighted by molar-refractivity contribution is 0.0543. The average molecular weight is 285 g/mol.